The van der Waals surface area contributed by atoms with Gasteiger partial charge in [-0.3, -0.25) is 10.1 Å². The molecule has 0 bridgehead atoms. The maximum atomic E-state index is 12.3. The van der Waals surface area contributed by atoms with Crippen LogP contribution in [0.3, 0.4) is 0 Å². The van der Waals surface area contributed by atoms with Crippen LogP contribution in [-0.2, 0) is 9.53 Å². The average Bonchev–Trinajstić information content (AvgIpc) is 3.06. The standard InChI is InChI=1S/C20H18N2O7/c1-11-13(6-5-7-15(11)22(24)25)19-21-14(20(23)29-19)8-12-9-16(26-2)18(28-4)17(10-12)27-3/h5-10H,1-4H3/b14-8-. The van der Waals surface area contributed by atoms with E-state index in [4.69, 9.17) is 18.9 Å². The van der Waals surface area contributed by atoms with Gasteiger partial charge in [0, 0.05) is 17.2 Å². The van der Waals surface area contributed by atoms with Crippen molar-refractivity contribution in [2.75, 3.05) is 21.3 Å². The lowest BCUT2D eigenvalue weighted by Gasteiger charge is -2.12. The maximum absolute atomic E-state index is 12.3. The van der Waals surface area contributed by atoms with E-state index in [0.717, 1.165) is 0 Å². The minimum Gasteiger partial charge on any atom is -0.493 e. The van der Waals surface area contributed by atoms with Gasteiger partial charge in [0.25, 0.3) is 5.69 Å². The number of nitrogens with zero attached hydrogens (tertiary/aromatic N) is 2. The van der Waals surface area contributed by atoms with E-state index in [0.29, 0.717) is 33.9 Å². The molecule has 3 rings (SSSR count). The SMILES string of the molecule is COc1cc(/C=C2\N=C(c3cccc([N+](=O)[O-])c3C)OC2=O)cc(OC)c1OC. The molecular weight excluding hydrogens is 380 g/mol. The summed E-state index contributed by atoms with van der Waals surface area (Å²) < 4.78 is 21.1. The van der Waals surface area contributed by atoms with Crippen LogP contribution < -0.4 is 14.2 Å². The van der Waals surface area contributed by atoms with Crippen LogP contribution in [0.25, 0.3) is 6.08 Å². The van der Waals surface area contributed by atoms with Crippen molar-refractivity contribution >= 4 is 23.6 Å². The molecule has 0 aromatic heterocycles. The first-order valence-corrected chi connectivity index (χ1v) is 8.46. The Morgan fingerprint density at radius 1 is 1.10 bits per heavy atom. The Balaban J connectivity index is 2.04. The highest BCUT2D eigenvalue weighted by atomic mass is 16.6. The number of hydrogen-bond donors (Lipinski definition) is 0. The quantitative estimate of drug-likeness (QED) is 0.318. The molecule has 29 heavy (non-hydrogen) atoms. The lowest BCUT2D eigenvalue weighted by Crippen LogP contribution is -2.08. The van der Waals surface area contributed by atoms with Gasteiger partial charge in [-0.15, -0.1) is 0 Å². The van der Waals surface area contributed by atoms with Crippen molar-refractivity contribution in [1.29, 1.82) is 0 Å². The zero-order valence-corrected chi connectivity index (χ0v) is 16.2. The van der Waals surface area contributed by atoms with Crippen LogP contribution in [0.4, 0.5) is 5.69 Å². The fraction of sp³-hybridized carbons (Fsp3) is 0.200. The summed E-state index contributed by atoms with van der Waals surface area (Å²) >= 11 is 0. The number of cyclic esters (lactones) is 1. The lowest BCUT2D eigenvalue weighted by atomic mass is 10.1. The molecule has 0 radical (unpaired) electrons. The average molecular weight is 398 g/mol. The molecule has 0 aliphatic carbocycles. The third-order valence-electron chi connectivity index (χ3n) is 4.34. The summed E-state index contributed by atoms with van der Waals surface area (Å²) in [5.41, 5.74) is 1.27. The monoisotopic (exact) mass is 398 g/mol. The van der Waals surface area contributed by atoms with Crippen molar-refractivity contribution in [3.05, 3.63) is 62.8 Å². The predicted molar refractivity (Wildman–Crippen MR) is 105 cm³/mol. The molecule has 0 unspecified atom stereocenters. The van der Waals surface area contributed by atoms with Gasteiger partial charge >= 0.3 is 5.97 Å². The Bertz CT molecular complexity index is 1030. The van der Waals surface area contributed by atoms with Gasteiger partial charge in [-0.25, -0.2) is 9.79 Å². The van der Waals surface area contributed by atoms with E-state index in [1.54, 1.807) is 25.1 Å². The summed E-state index contributed by atoms with van der Waals surface area (Å²) in [6.45, 7) is 1.57. The highest BCUT2D eigenvalue weighted by Gasteiger charge is 2.27. The molecule has 2 aromatic rings. The first-order chi connectivity index (χ1) is 13.9. The Morgan fingerprint density at radius 2 is 1.76 bits per heavy atom. The third kappa shape index (κ3) is 3.75. The van der Waals surface area contributed by atoms with Crippen molar-refractivity contribution < 1.29 is 28.7 Å². The summed E-state index contributed by atoms with van der Waals surface area (Å²) in [7, 11) is 4.46. The first-order valence-electron chi connectivity index (χ1n) is 8.46. The summed E-state index contributed by atoms with van der Waals surface area (Å²) in [6, 6.07) is 7.82. The highest BCUT2D eigenvalue weighted by Crippen LogP contribution is 2.39. The van der Waals surface area contributed by atoms with Crippen LogP contribution in [-0.4, -0.2) is 38.1 Å². The Labute approximate surface area is 166 Å². The van der Waals surface area contributed by atoms with Gasteiger partial charge in [0.2, 0.25) is 11.6 Å². The van der Waals surface area contributed by atoms with Crippen LogP contribution in [0.5, 0.6) is 17.2 Å². The molecule has 0 amide bonds. The van der Waals surface area contributed by atoms with Crippen molar-refractivity contribution in [2.45, 2.75) is 6.92 Å². The smallest absolute Gasteiger partial charge is 0.363 e. The van der Waals surface area contributed by atoms with E-state index in [-0.39, 0.29) is 17.3 Å². The van der Waals surface area contributed by atoms with Gasteiger partial charge < -0.3 is 18.9 Å². The summed E-state index contributed by atoms with van der Waals surface area (Å²) in [5, 5.41) is 11.1. The fourth-order valence-electron chi connectivity index (χ4n) is 2.92. The van der Waals surface area contributed by atoms with Crippen LogP contribution in [0, 0.1) is 17.0 Å². The largest absolute Gasteiger partial charge is 0.493 e. The molecule has 0 saturated carbocycles. The molecule has 150 valence electrons. The van der Waals surface area contributed by atoms with E-state index >= 15 is 0 Å². The van der Waals surface area contributed by atoms with Crippen molar-refractivity contribution in [3.63, 3.8) is 0 Å². The van der Waals surface area contributed by atoms with E-state index < -0.39 is 10.9 Å². The second kappa shape index (κ2) is 8.01. The van der Waals surface area contributed by atoms with Crippen LogP contribution in [0.15, 0.2) is 41.0 Å². The molecule has 0 N–H and O–H groups in total. The maximum Gasteiger partial charge on any atom is 0.363 e. The summed E-state index contributed by atoms with van der Waals surface area (Å²) in [6.07, 6.45) is 1.51. The molecule has 1 aliphatic rings. The van der Waals surface area contributed by atoms with E-state index in [1.807, 2.05) is 0 Å². The zero-order valence-electron chi connectivity index (χ0n) is 16.2. The number of nitro benzene ring substituents is 1. The van der Waals surface area contributed by atoms with Gasteiger partial charge in [-0.1, -0.05) is 6.07 Å². The molecule has 0 spiro atoms. The van der Waals surface area contributed by atoms with Crippen LogP contribution in [0.2, 0.25) is 0 Å². The number of methoxy groups -OCH3 is 3. The molecule has 0 atom stereocenters. The number of nitro groups is 1. The van der Waals surface area contributed by atoms with Gasteiger partial charge in [-0.2, -0.15) is 0 Å². The second-order valence-corrected chi connectivity index (χ2v) is 6.00. The molecular formula is C20H18N2O7. The Hall–Kier alpha value is -3.88. The number of aliphatic imine (C=N–C) groups is 1. The fourth-order valence-corrected chi connectivity index (χ4v) is 2.92. The number of benzene rings is 2. The second-order valence-electron chi connectivity index (χ2n) is 6.00. The van der Waals surface area contributed by atoms with Crippen LogP contribution >= 0.6 is 0 Å². The molecule has 9 nitrogen and oxygen atoms in total. The van der Waals surface area contributed by atoms with Crippen LogP contribution in [0.1, 0.15) is 16.7 Å². The molecule has 1 aliphatic heterocycles. The Morgan fingerprint density at radius 3 is 2.31 bits per heavy atom. The molecule has 1 heterocycles. The number of rotatable bonds is 6. The minimum absolute atomic E-state index is 0.00916. The van der Waals surface area contributed by atoms with Crippen molar-refractivity contribution in [2.24, 2.45) is 4.99 Å². The number of esters is 1. The van der Waals surface area contributed by atoms with Gasteiger partial charge in [0.05, 0.1) is 26.3 Å². The van der Waals surface area contributed by atoms with Gasteiger partial charge in [0.15, 0.2) is 17.2 Å². The van der Waals surface area contributed by atoms with Gasteiger partial charge in [-0.05, 0) is 36.8 Å². The summed E-state index contributed by atoms with van der Waals surface area (Å²) in [5.74, 6) is 0.602. The molecule has 0 saturated heterocycles. The molecule has 2 aromatic carbocycles. The first kappa shape index (κ1) is 19.9. The topological polar surface area (TPSA) is 109 Å². The summed E-state index contributed by atoms with van der Waals surface area (Å²) in [4.78, 5) is 27.2. The van der Waals surface area contributed by atoms with Crippen molar-refractivity contribution in [3.8, 4) is 17.2 Å². The number of carbonyl (C=O) groups excluding carboxylic acids is 1. The number of ether oxygens (including phenoxy) is 4. The molecule has 9 heteroatoms. The zero-order chi connectivity index (χ0) is 21.1. The highest BCUT2D eigenvalue weighted by molar-refractivity contribution is 6.13. The van der Waals surface area contributed by atoms with Gasteiger partial charge in [0.1, 0.15) is 0 Å². The number of carbonyl (C=O) groups is 1. The normalized spacial score (nSPS) is 14.4. The lowest BCUT2D eigenvalue weighted by molar-refractivity contribution is -0.385. The predicted octanol–water partition coefficient (Wildman–Crippen LogP) is 3.27. The van der Waals surface area contributed by atoms with Crippen molar-refractivity contribution in [1.82, 2.24) is 0 Å². The van der Waals surface area contributed by atoms with E-state index in [2.05, 4.69) is 4.99 Å². The number of hydrogen-bond acceptors (Lipinski definition) is 8. The van der Waals surface area contributed by atoms with E-state index in [9.17, 15) is 14.9 Å². The third-order valence-corrected chi connectivity index (χ3v) is 4.34. The van der Waals surface area contributed by atoms with E-state index in [1.165, 1.54) is 39.5 Å². The molecule has 0 fully saturated rings. The minimum atomic E-state index is -0.667. The Kier molecular flexibility index (Phi) is 5.49.